The zero-order valence-electron chi connectivity index (χ0n) is 14.6. The Kier molecular flexibility index (Phi) is 4.13. The topological polar surface area (TPSA) is 76.1 Å². The number of carboxylic acid groups (broad SMARTS) is 1. The molecule has 1 spiro atoms. The minimum Gasteiger partial charge on any atom is -0.489 e. The van der Waals surface area contributed by atoms with Crippen LogP contribution in [0.4, 0.5) is 9.18 Å². The SMILES string of the molecule is CC(C)(C)OC(=O)N1CCC2(CC1)COc1c2ccc(C(=O)O)c1F. The van der Waals surface area contributed by atoms with Crippen molar-refractivity contribution in [2.24, 2.45) is 0 Å². The third kappa shape index (κ3) is 3.15. The number of hydrogen-bond acceptors (Lipinski definition) is 4. The number of piperidine rings is 1. The lowest BCUT2D eigenvalue weighted by molar-refractivity contribution is 0.0152. The number of hydrogen-bond donors (Lipinski definition) is 1. The van der Waals surface area contributed by atoms with Gasteiger partial charge in [0, 0.05) is 24.1 Å². The van der Waals surface area contributed by atoms with Gasteiger partial charge in [-0.2, -0.15) is 0 Å². The second kappa shape index (κ2) is 5.89. The van der Waals surface area contributed by atoms with E-state index < -0.39 is 17.4 Å². The molecule has 136 valence electrons. The molecule has 1 amide bonds. The normalized spacial score (nSPS) is 18.6. The zero-order chi connectivity index (χ0) is 18.4. The van der Waals surface area contributed by atoms with Gasteiger partial charge in [0.25, 0.3) is 0 Å². The van der Waals surface area contributed by atoms with E-state index in [2.05, 4.69) is 0 Å². The molecule has 6 nitrogen and oxygen atoms in total. The van der Waals surface area contributed by atoms with Gasteiger partial charge in [-0.1, -0.05) is 6.07 Å². The van der Waals surface area contributed by atoms with E-state index in [1.807, 2.05) is 20.8 Å². The van der Waals surface area contributed by atoms with Crippen molar-refractivity contribution in [2.45, 2.75) is 44.6 Å². The number of nitrogens with zero attached hydrogens (tertiary/aromatic N) is 1. The Morgan fingerprint density at radius 3 is 2.48 bits per heavy atom. The fourth-order valence-corrected chi connectivity index (χ4v) is 3.43. The van der Waals surface area contributed by atoms with Gasteiger partial charge in [0.2, 0.25) is 0 Å². The van der Waals surface area contributed by atoms with Gasteiger partial charge in [-0.05, 0) is 39.7 Å². The van der Waals surface area contributed by atoms with Gasteiger partial charge in [-0.15, -0.1) is 0 Å². The van der Waals surface area contributed by atoms with Crippen LogP contribution >= 0.6 is 0 Å². The minimum absolute atomic E-state index is 0.0330. The van der Waals surface area contributed by atoms with Gasteiger partial charge in [-0.25, -0.2) is 14.0 Å². The molecule has 7 heteroatoms. The molecule has 1 aromatic carbocycles. The van der Waals surface area contributed by atoms with E-state index in [9.17, 15) is 14.0 Å². The first-order valence-electron chi connectivity index (χ1n) is 8.30. The Balaban J connectivity index is 1.77. The number of amides is 1. The largest absolute Gasteiger partial charge is 0.489 e. The fraction of sp³-hybridized carbons (Fsp3) is 0.556. The highest BCUT2D eigenvalue weighted by atomic mass is 19.1. The summed E-state index contributed by atoms with van der Waals surface area (Å²) in [6.45, 7) is 6.73. The van der Waals surface area contributed by atoms with Crippen LogP contribution in [0.2, 0.25) is 0 Å². The van der Waals surface area contributed by atoms with E-state index in [4.69, 9.17) is 14.6 Å². The summed E-state index contributed by atoms with van der Waals surface area (Å²) in [6, 6.07) is 2.92. The first-order valence-corrected chi connectivity index (χ1v) is 8.30. The van der Waals surface area contributed by atoms with Crippen molar-refractivity contribution in [1.82, 2.24) is 4.90 Å². The highest BCUT2D eigenvalue weighted by Gasteiger charge is 2.46. The monoisotopic (exact) mass is 351 g/mol. The molecule has 3 rings (SSSR count). The first-order chi connectivity index (χ1) is 11.6. The molecule has 0 aliphatic carbocycles. The maximum absolute atomic E-state index is 14.4. The van der Waals surface area contributed by atoms with Crippen LogP contribution in [0.3, 0.4) is 0 Å². The predicted molar refractivity (Wildman–Crippen MR) is 87.6 cm³/mol. The van der Waals surface area contributed by atoms with Gasteiger partial charge < -0.3 is 19.5 Å². The summed E-state index contributed by atoms with van der Waals surface area (Å²) in [6.07, 6.45) is 0.879. The Morgan fingerprint density at radius 2 is 1.92 bits per heavy atom. The van der Waals surface area contributed by atoms with Crippen LogP contribution in [0.5, 0.6) is 5.75 Å². The summed E-state index contributed by atoms with van der Waals surface area (Å²) in [7, 11) is 0. The molecule has 1 N–H and O–H groups in total. The van der Waals surface area contributed by atoms with Crippen LogP contribution in [-0.4, -0.2) is 47.4 Å². The number of halogens is 1. The molecule has 25 heavy (non-hydrogen) atoms. The summed E-state index contributed by atoms with van der Waals surface area (Å²) in [5.74, 6) is -2.10. The van der Waals surface area contributed by atoms with Crippen LogP contribution in [0.15, 0.2) is 12.1 Å². The molecular formula is C18H22FNO5. The van der Waals surface area contributed by atoms with Crippen molar-refractivity contribution in [2.75, 3.05) is 19.7 Å². The molecule has 2 aliphatic heterocycles. The minimum atomic E-state index is -1.32. The smallest absolute Gasteiger partial charge is 0.410 e. The first kappa shape index (κ1) is 17.5. The Hall–Kier alpha value is -2.31. The summed E-state index contributed by atoms with van der Waals surface area (Å²) in [5.41, 5.74) is -0.627. The number of carbonyl (C=O) groups is 2. The van der Waals surface area contributed by atoms with E-state index in [0.29, 0.717) is 38.1 Å². The van der Waals surface area contributed by atoms with Gasteiger partial charge in [0.15, 0.2) is 11.6 Å². The lowest BCUT2D eigenvalue weighted by Crippen LogP contribution is -2.47. The maximum atomic E-state index is 14.4. The summed E-state index contributed by atoms with van der Waals surface area (Å²) in [5, 5.41) is 9.03. The summed E-state index contributed by atoms with van der Waals surface area (Å²) >= 11 is 0. The number of benzene rings is 1. The number of carbonyl (C=O) groups excluding carboxylic acids is 1. The molecule has 1 saturated heterocycles. The van der Waals surface area contributed by atoms with Crippen molar-refractivity contribution in [3.05, 3.63) is 29.1 Å². The lowest BCUT2D eigenvalue weighted by atomic mass is 9.74. The molecule has 0 radical (unpaired) electrons. The molecule has 0 unspecified atom stereocenters. The van der Waals surface area contributed by atoms with Crippen LogP contribution < -0.4 is 4.74 Å². The van der Waals surface area contributed by atoms with Gasteiger partial charge in [0.05, 0.1) is 12.2 Å². The van der Waals surface area contributed by atoms with Crippen LogP contribution in [0, 0.1) is 5.82 Å². The van der Waals surface area contributed by atoms with Gasteiger partial charge in [-0.3, -0.25) is 0 Å². The van der Waals surface area contributed by atoms with Crippen molar-refractivity contribution >= 4 is 12.1 Å². The third-order valence-electron chi connectivity index (χ3n) is 4.76. The second-order valence-corrected chi connectivity index (χ2v) is 7.65. The third-order valence-corrected chi connectivity index (χ3v) is 4.76. The van der Waals surface area contributed by atoms with Crippen molar-refractivity contribution in [1.29, 1.82) is 0 Å². The Morgan fingerprint density at radius 1 is 1.28 bits per heavy atom. The van der Waals surface area contributed by atoms with E-state index >= 15 is 0 Å². The predicted octanol–water partition coefficient (Wildman–Crippen LogP) is 3.19. The zero-order valence-corrected chi connectivity index (χ0v) is 14.6. The molecule has 1 fully saturated rings. The average Bonchev–Trinajstić information content (AvgIpc) is 2.86. The van der Waals surface area contributed by atoms with Crippen LogP contribution in [0.25, 0.3) is 0 Å². The van der Waals surface area contributed by atoms with E-state index in [1.54, 1.807) is 11.0 Å². The number of fused-ring (bicyclic) bond motifs is 2. The maximum Gasteiger partial charge on any atom is 0.410 e. The summed E-state index contributed by atoms with van der Waals surface area (Å²) in [4.78, 5) is 24.9. The van der Waals surface area contributed by atoms with Crippen LogP contribution in [-0.2, 0) is 10.2 Å². The average molecular weight is 351 g/mol. The highest BCUT2D eigenvalue weighted by Crippen LogP contribution is 2.47. The summed E-state index contributed by atoms with van der Waals surface area (Å²) < 4.78 is 25.3. The highest BCUT2D eigenvalue weighted by molar-refractivity contribution is 5.89. The van der Waals surface area contributed by atoms with E-state index in [0.717, 1.165) is 0 Å². The molecule has 2 aliphatic rings. The quantitative estimate of drug-likeness (QED) is 0.841. The standard InChI is InChI=1S/C18H22FNO5/c1-17(2,3)25-16(23)20-8-6-18(7-9-20)10-24-14-12(18)5-4-11(13(14)19)15(21)22/h4-5H,6-10H2,1-3H3,(H,21,22). The van der Waals surface area contributed by atoms with Gasteiger partial charge >= 0.3 is 12.1 Å². The van der Waals surface area contributed by atoms with E-state index in [1.165, 1.54) is 6.07 Å². The number of rotatable bonds is 1. The molecule has 2 heterocycles. The fourth-order valence-electron chi connectivity index (χ4n) is 3.43. The molecule has 0 bridgehead atoms. The number of likely N-dealkylation sites (tertiary alicyclic amines) is 1. The lowest BCUT2D eigenvalue weighted by Gasteiger charge is -2.38. The molecular weight excluding hydrogens is 329 g/mol. The molecule has 0 atom stereocenters. The number of aromatic carboxylic acids is 1. The molecule has 0 saturated carbocycles. The number of carboxylic acids is 1. The Labute approximate surface area is 145 Å². The van der Waals surface area contributed by atoms with Crippen molar-refractivity contribution < 1.29 is 28.6 Å². The van der Waals surface area contributed by atoms with Crippen LogP contribution in [0.1, 0.15) is 49.5 Å². The molecule has 0 aromatic heterocycles. The van der Waals surface area contributed by atoms with Crippen molar-refractivity contribution in [3.63, 3.8) is 0 Å². The van der Waals surface area contributed by atoms with Crippen molar-refractivity contribution in [3.8, 4) is 5.75 Å². The second-order valence-electron chi connectivity index (χ2n) is 7.65. The Bertz CT molecular complexity index is 717. The molecule has 1 aromatic rings. The number of ether oxygens (including phenoxy) is 2. The van der Waals surface area contributed by atoms with Gasteiger partial charge in [0.1, 0.15) is 5.60 Å². The van der Waals surface area contributed by atoms with E-state index in [-0.39, 0.29) is 22.8 Å².